The first-order valence-electron chi connectivity index (χ1n) is 5.45. The summed E-state index contributed by atoms with van der Waals surface area (Å²) in [5.41, 5.74) is 6.31. The molecule has 0 bridgehead atoms. The third-order valence-electron chi connectivity index (χ3n) is 2.45. The van der Waals surface area contributed by atoms with E-state index in [1.807, 2.05) is 6.92 Å². The van der Waals surface area contributed by atoms with Gasteiger partial charge in [0.15, 0.2) is 0 Å². The molecule has 0 atom stereocenters. The Balaban J connectivity index is 2.24. The number of anilines is 1. The van der Waals surface area contributed by atoms with Gasteiger partial charge in [0.25, 0.3) is 0 Å². The lowest BCUT2D eigenvalue weighted by Gasteiger charge is -2.08. The van der Waals surface area contributed by atoms with Crippen molar-refractivity contribution in [3.05, 3.63) is 38.5 Å². The van der Waals surface area contributed by atoms with Gasteiger partial charge in [-0.1, -0.05) is 0 Å². The molecule has 5 nitrogen and oxygen atoms in total. The molecule has 2 aromatic rings. The van der Waals surface area contributed by atoms with Crippen molar-refractivity contribution in [1.29, 1.82) is 0 Å². The topological polar surface area (TPSA) is 85.1 Å². The summed E-state index contributed by atoms with van der Waals surface area (Å²) in [4.78, 5) is 3.65. The van der Waals surface area contributed by atoms with E-state index in [0.717, 1.165) is 17.1 Å². The molecule has 0 saturated heterocycles. The minimum absolute atomic E-state index is 0.00207. The minimum atomic E-state index is -3.98. The third kappa shape index (κ3) is 3.35. The zero-order valence-electron chi connectivity index (χ0n) is 10.4. The smallest absolute Gasteiger partial charge is 0.243 e. The van der Waals surface area contributed by atoms with Gasteiger partial charge in [0.1, 0.15) is 10.7 Å². The maximum absolute atomic E-state index is 13.7. The Morgan fingerprint density at radius 1 is 1.50 bits per heavy atom. The number of hydrogen-bond acceptors (Lipinski definition) is 5. The normalized spacial score (nSPS) is 11.8. The van der Waals surface area contributed by atoms with Crippen LogP contribution in [0.2, 0.25) is 0 Å². The van der Waals surface area contributed by atoms with E-state index in [0.29, 0.717) is 10.2 Å². The number of rotatable bonds is 4. The zero-order valence-corrected chi connectivity index (χ0v) is 13.6. The van der Waals surface area contributed by atoms with Gasteiger partial charge in [0.2, 0.25) is 10.0 Å². The highest BCUT2D eigenvalue weighted by Gasteiger charge is 2.20. The molecule has 2 rings (SSSR count). The molecule has 0 aliphatic rings. The highest BCUT2D eigenvalue weighted by Crippen LogP contribution is 2.26. The second-order valence-electron chi connectivity index (χ2n) is 3.99. The number of nitrogens with two attached hydrogens (primary N) is 1. The lowest BCUT2D eigenvalue weighted by Crippen LogP contribution is -2.24. The van der Waals surface area contributed by atoms with E-state index in [1.54, 1.807) is 5.38 Å². The summed E-state index contributed by atoms with van der Waals surface area (Å²) in [7, 11) is -3.98. The molecule has 1 aromatic heterocycles. The zero-order chi connectivity index (χ0) is 14.9. The summed E-state index contributed by atoms with van der Waals surface area (Å²) < 4.78 is 40.4. The van der Waals surface area contributed by atoms with Gasteiger partial charge in [0.05, 0.1) is 17.2 Å². The minimum Gasteiger partial charge on any atom is -0.398 e. The fraction of sp³-hybridized carbons (Fsp3) is 0.182. The number of hydrogen-bond donors (Lipinski definition) is 2. The van der Waals surface area contributed by atoms with Crippen LogP contribution in [-0.4, -0.2) is 13.4 Å². The standard InChI is InChI=1S/C11H11BrFN3O2S2/c1-6-16-7(5-19-6)4-15-20(17,18)11-3-10(14)8(12)2-9(11)13/h2-3,5,15H,4,14H2,1H3. The molecule has 0 radical (unpaired) electrons. The summed E-state index contributed by atoms with van der Waals surface area (Å²) in [6.07, 6.45) is 0. The lowest BCUT2D eigenvalue weighted by atomic mass is 10.3. The van der Waals surface area contributed by atoms with E-state index in [4.69, 9.17) is 5.73 Å². The summed E-state index contributed by atoms with van der Waals surface area (Å²) >= 11 is 4.45. The molecule has 20 heavy (non-hydrogen) atoms. The molecule has 9 heteroatoms. The van der Waals surface area contributed by atoms with Crippen LogP contribution in [0, 0.1) is 12.7 Å². The second kappa shape index (κ2) is 5.76. The highest BCUT2D eigenvalue weighted by atomic mass is 79.9. The molecule has 0 aliphatic carbocycles. The Hall–Kier alpha value is -1.03. The molecule has 1 aromatic carbocycles. The molecule has 0 unspecified atom stereocenters. The van der Waals surface area contributed by atoms with Gasteiger partial charge >= 0.3 is 0 Å². The first kappa shape index (κ1) is 15.4. The van der Waals surface area contributed by atoms with Crippen LogP contribution in [0.5, 0.6) is 0 Å². The molecule has 0 spiro atoms. The van der Waals surface area contributed by atoms with Gasteiger partial charge in [-0.2, -0.15) is 0 Å². The summed E-state index contributed by atoms with van der Waals surface area (Å²) in [6, 6.07) is 2.10. The predicted octanol–water partition coefficient (Wildman–Crippen LogP) is 2.41. The number of aryl methyl sites for hydroxylation is 1. The molecule has 3 N–H and O–H groups in total. The van der Waals surface area contributed by atoms with Crippen molar-refractivity contribution in [2.45, 2.75) is 18.4 Å². The second-order valence-corrected chi connectivity index (χ2v) is 7.64. The third-order valence-corrected chi connectivity index (χ3v) is 5.38. The highest BCUT2D eigenvalue weighted by molar-refractivity contribution is 9.10. The van der Waals surface area contributed by atoms with E-state index in [2.05, 4.69) is 25.6 Å². The molecule has 1 heterocycles. The van der Waals surface area contributed by atoms with Gasteiger partial charge in [0, 0.05) is 15.5 Å². The number of sulfonamides is 1. The van der Waals surface area contributed by atoms with Crippen LogP contribution in [0.15, 0.2) is 26.9 Å². The van der Waals surface area contributed by atoms with Crippen LogP contribution < -0.4 is 10.5 Å². The van der Waals surface area contributed by atoms with Crippen molar-refractivity contribution in [3.8, 4) is 0 Å². The molecule has 108 valence electrons. The van der Waals surface area contributed by atoms with Gasteiger partial charge in [-0.3, -0.25) is 0 Å². The van der Waals surface area contributed by atoms with E-state index in [-0.39, 0.29) is 12.2 Å². The average molecular weight is 380 g/mol. The quantitative estimate of drug-likeness (QED) is 0.798. The Morgan fingerprint density at radius 2 is 2.20 bits per heavy atom. The number of benzene rings is 1. The Kier molecular flexibility index (Phi) is 4.43. The van der Waals surface area contributed by atoms with Gasteiger partial charge in [-0.15, -0.1) is 11.3 Å². The summed E-state index contributed by atoms with van der Waals surface area (Å²) in [6.45, 7) is 1.82. The number of thiazole rings is 1. The van der Waals surface area contributed by atoms with E-state index in [9.17, 15) is 12.8 Å². The monoisotopic (exact) mass is 379 g/mol. The fourth-order valence-corrected chi connectivity index (χ4v) is 3.51. The molecule has 0 fully saturated rings. The Labute approximate surface area is 128 Å². The van der Waals surface area contributed by atoms with Crippen molar-refractivity contribution in [1.82, 2.24) is 9.71 Å². The van der Waals surface area contributed by atoms with Crippen LogP contribution in [0.25, 0.3) is 0 Å². The molecule has 0 amide bonds. The van der Waals surface area contributed by atoms with Crippen molar-refractivity contribution in [3.63, 3.8) is 0 Å². The maximum Gasteiger partial charge on any atom is 0.243 e. The van der Waals surface area contributed by atoms with Crippen molar-refractivity contribution in [2.75, 3.05) is 5.73 Å². The number of nitrogens with zero attached hydrogens (tertiary/aromatic N) is 1. The van der Waals surface area contributed by atoms with E-state index in [1.165, 1.54) is 11.3 Å². The van der Waals surface area contributed by atoms with E-state index < -0.39 is 20.7 Å². The van der Waals surface area contributed by atoms with Crippen molar-refractivity contribution < 1.29 is 12.8 Å². The van der Waals surface area contributed by atoms with Crippen LogP contribution in [0.3, 0.4) is 0 Å². The predicted molar refractivity (Wildman–Crippen MR) is 79.4 cm³/mol. The first-order chi connectivity index (χ1) is 9.29. The number of halogens is 2. The fourth-order valence-electron chi connectivity index (χ4n) is 1.49. The van der Waals surface area contributed by atoms with Gasteiger partial charge in [-0.25, -0.2) is 22.5 Å². The van der Waals surface area contributed by atoms with Crippen LogP contribution in [-0.2, 0) is 16.6 Å². The Morgan fingerprint density at radius 3 is 2.80 bits per heavy atom. The van der Waals surface area contributed by atoms with Crippen LogP contribution in [0.1, 0.15) is 10.7 Å². The van der Waals surface area contributed by atoms with Gasteiger partial charge in [-0.05, 0) is 35.0 Å². The molecular formula is C11H11BrFN3O2S2. The van der Waals surface area contributed by atoms with Crippen molar-refractivity contribution in [2.24, 2.45) is 0 Å². The largest absolute Gasteiger partial charge is 0.398 e. The van der Waals surface area contributed by atoms with Crippen molar-refractivity contribution >= 4 is 43.0 Å². The van der Waals surface area contributed by atoms with Crippen LogP contribution >= 0.6 is 27.3 Å². The Bertz CT molecular complexity index is 746. The molecular weight excluding hydrogens is 369 g/mol. The SMILES string of the molecule is Cc1nc(CNS(=O)(=O)c2cc(N)c(Br)cc2F)cs1. The first-order valence-corrected chi connectivity index (χ1v) is 8.60. The lowest BCUT2D eigenvalue weighted by molar-refractivity contribution is 0.556. The molecule has 0 saturated carbocycles. The number of nitrogens with one attached hydrogen (secondary N) is 1. The maximum atomic E-state index is 13.7. The number of nitrogen functional groups attached to an aromatic ring is 1. The van der Waals surface area contributed by atoms with Gasteiger partial charge < -0.3 is 5.73 Å². The number of aromatic nitrogens is 1. The van der Waals surface area contributed by atoms with E-state index >= 15 is 0 Å². The summed E-state index contributed by atoms with van der Waals surface area (Å²) in [5.74, 6) is -0.868. The molecule has 0 aliphatic heterocycles. The average Bonchev–Trinajstić information content (AvgIpc) is 2.77. The van der Waals surface area contributed by atoms with Crippen LogP contribution in [0.4, 0.5) is 10.1 Å². The summed E-state index contributed by atoms with van der Waals surface area (Å²) in [5, 5.41) is 2.57.